The zero-order valence-corrected chi connectivity index (χ0v) is 13.9. The fraction of sp³-hybridized carbons (Fsp3) is 0.400. The summed E-state index contributed by atoms with van der Waals surface area (Å²) in [6, 6.07) is 15.0. The van der Waals surface area contributed by atoms with E-state index in [0.717, 1.165) is 25.2 Å². The molecule has 2 rings (SSSR count). The van der Waals surface area contributed by atoms with Gasteiger partial charge in [0, 0.05) is 0 Å². The molecule has 1 atom stereocenters. The first kappa shape index (κ1) is 16.6. The van der Waals surface area contributed by atoms with Crippen molar-refractivity contribution in [3.8, 4) is 5.75 Å². The summed E-state index contributed by atoms with van der Waals surface area (Å²) in [4.78, 5) is 0. The van der Waals surface area contributed by atoms with Gasteiger partial charge in [-0.2, -0.15) is 0 Å². The van der Waals surface area contributed by atoms with E-state index in [9.17, 15) is 0 Å². The largest absolute Gasteiger partial charge is 0.493 e. The van der Waals surface area contributed by atoms with Crippen LogP contribution in [0.25, 0.3) is 0 Å². The van der Waals surface area contributed by atoms with Gasteiger partial charge in [0.15, 0.2) is 0 Å². The summed E-state index contributed by atoms with van der Waals surface area (Å²) in [5, 5.41) is 0. The summed E-state index contributed by atoms with van der Waals surface area (Å²) in [5.41, 5.74) is 11.0. The van der Waals surface area contributed by atoms with E-state index < -0.39 is 0 Å². The lowest BCUT2D eigenvalue weighted by atomic mass is 9.94. The Morgan fingerprint density at radius 1 is 0.955 bits per heavy atom. The van der Waals surface area contributed by atoms with Gasteiger partial charge >= 0.3 is 0 Å². The van der Waals surface area contributed by atoms with Crippen LogP contribution in [-0.2, 0) is 0 Å². The normalized spacial score (nSPS) is 12.2. The van der Waals surface area contributed by atoms with E-state index in [1.165, 1.54) is 22.3 Å². The first-order valence-corrected chi connectivity index (χ1v) is 8.07. The zero-order valence-electron chi connectivity index (χ0n) is 13.9. The summed E-state index contributed by atoms with van der Waals surface area (Å²) in [5.74, 6) is 1.42. The third-order valence-electron chi connectivity index (χ3n) is 4.13. The van der Waals surface area contributed by atoms with Gasteiger partial charge in [-0.3, -0.25) is 0 Å². The second-order valence-corrected chi connectivity index (χ2v) is 6.10. The smallest absolute Gasteiger partial charge is 0.122 e. The van der Waals surface area contributed by atoms with Crippen molar-refractivity contribution in [3.05, 3.63) is 64.7 Å². The fourth-order valence-corrected chi connectivity index (χ4v) is 2.63. The Kier molecular flexibility index (Phi) is 6.02. The van der Waals surface area contributed by atoms with Gasteiger partial charge in [-0.05, 0) is 68.8 Å². The van der Waals surface area contributed by atoms with Gasteiger partial charge in [0.1, 0.15) is 5.75 Å². The van der Waals surface area contributed by atoms with Crippen molar-refractivity contribution in [2.24, 2.45) is 5.73 Å². The van der Waals surface area contributed by atoms with Crippen LogP contribution in [0.2, 0.25) is 0 Å². The quantitative estimate of drug-likeness (QED) is 0.763. The SMILES string of the molecule is Cc1ccc(C(CN)CCCOc2cc(C)ccc2C)cc1. The molecule has 0 heterocycles. The summed E-state index contributed by atoms with van der Waals surface area (Å²) in [6.07, 6.45) is 2.08. The Labute approximate surface area is 134 Å². The summed E-state index contributed by atoms with van der Waals surface area (Å²) in [7, 11) is 0. The average Bonchev–Trinajstić information content (AvgIpc) is 2.52. The van der Waals surface area contributed by atoms with E-state index in [2.05, 4.69) is 63.2 Å². The van der Waals surface area contributed by atoms with Crippen LogP contribution in [0.1, 0.15) is 41.0 Å². The molecule has 0 fully saturated rings. The lowest BCUT2D eigenvalue weighted by Crippen LogP contribution is -2.13. The number of rotatable bonds is 7. The Bertz CT molecular complexity index is 589. The number of benzene rings is 2. The molecular formula is C20H27NO. The van der Waals surface area contributed by atoms with Crippen LogP contribution in [-0.4, -0.2) is 13.2 Å². The van der Waals surface area contributed by atoms with Crippen molar-refractivity contribution in [3.63, 3.8) is 0 Å². The lowest BCUT2D eigenvalue weighted by Gasteiger charge is -2.16. The number of hydrogen-bond acceptors (Lipinski definition) is 2. The number of hydrogen-bond donors (Lipinski definition) is 1. The zero-order chi connectivity index (χ0) is 15.9. The minimum absolute atomic E-state index is 0.419. The standard InChI is InChI=1S/C20H27NO/c1-15-7-10-18(11-8-15)19(14-21)5-4-12-22-20-13-16(2)6-9-17(20)3/h6-11,13,19H,4-5,12,14,21H2,1-3H3. The first-order valence-electron chi connectivity index (χ1n) is 8.07. The molecule has 0 bridgehead atoms. The number of nitrogens with two attached hydrogens (primary N) is 1. The molecule has 0 amide bonds. The van der Waals surface area contributed by atoms with Crippen LogP contribution in [0.3, 0.4) is 0 Å². The summed E-state index contributed by atoms with van der Waals surface area (Å²) >= 11 is 0. The number of aryl methyl sites for hydroxylation is 3. The molecule has 0 saturated heterocycles. The second kappa shape index (κ2) is 8.00. The minimum Gasteiger partial charge on any atom is -0.493 e. The van der Waals surface area contributed by atoms with E-state index in [0.29, 0.717) is 12.5 Å². The molecule has 0 aliphatic carbocycles. The highest BCUT2D eigenvalue weighted by Gasteiger charge is 2.09. The van der Waals surface area contributed by atoms with Crippen molar-refractivity contribution < 1.29 is 4.74 Å². The van der Waals surface area contributed by atoms with Crippen molar-refractivity contribution in [1.29, 1.82) is 0 Å². The van der Waals surface area contributed by atoms with E-state index in [4.69, 9.17) is 10.5 Å². The maximum Gasteiger partial charge on any atom is 0.122 e. The first-order chi connectivity index (χ1) is 10.6. The highest BCUT2D eigenvalue weighted by molar-refractivity contribution is 5.35. The van der Waals surface area contributed by atoms with E-state index in [-0.39, 0.29) is 0 Å². The highest BCUT2D eigenvalue weighted by Crippen LogP contribution is 2.22. The Morgan fingerprint density at radius 3 is 2.32 bits per heavy atom. The molecule has 2 N–H and O–H groups in total. The Hall–Kier alpha value is -1.80. The predicted molar refractivity (Wildman–Crippen MR) is 93.6 cm³/mol. The van der Waals surface area contributed by atoms with Crippen LogP contribution < -0.4 is 10.5 Å². The Morgan fingerprint density at radius 2 is 1.64 bits per heavy atom. The van der Waals surface area contributed by atoms with Crippen molar-refractivity contribution in [2.45, 2.75) is 39.5 Å². The van der Waals surface area contributed by atoms with Crippen LogP contribution in [0, 0.1) is 20.8 Å². The van der Waals surface area contributed by atoms with Crippen LogP contribution in [0.4, 0.5) is 0 Å². The van der Waals surface area contributed by atoms with Gasteiger partial charge in [-0.1, -0.05) is 42.0 Å². The van der Waals surface area contributed by atoms with Crippen LogP contribution >= 0.6 is 0 Å². The molecule has 2 aromatic rings. The monoisotopic (exact) mass is 297 g/mol. The molecule has 118 valence electrons. The van der Waals surface area contributed by atoms with E-state index >= 15 is 0 Å². The molecular weight excluding hydrogens is 270 g/mol. The predicted octanol–water partition coefficient (Wildman–Crippen LogP) is 4.51. The van der Waals surface area contributed by atoms with Gasteiger partial charge in [0.05, 0.1) is 6.61 Å². The van der Waals surface area contributed by atoms with Gasteiger partial charge in [0.2, 0.25) is 0 Å². The Balaban J connectivity index is 1.84. The van der Waals surface area contributed by atoms with E-state index in [1.807, 2.05) is 0 Å². The molecule has 22 heavy (non-hydrogen) atoms. The lowest BCUT2D eigenvalue weighted by molar-refractivity contribution is 0.299. The molecule has 2 nitrogen and oxygen atoms in total. The molecule has 1 unspecified atom stereocenters. The molecule has 2 heteroatoms. The highest BCUT2D eigenvalue weighted by atomic mass is 16.5. The van der Waals surface area contributed by atoms with Crippen molar-refractivity contribution in [1.82, 2.24) is 0 Å². The summed E-state index contributed by atoms with van der Waals surface area (Å²) in [6.45, 7) is 7.72. The third-order valence-corrected chi connectivity index (χ3v) is 4.13. The van der Waals surface area contributed by atoms with Crippen molar-refractivity contribution in [2.75, 3.05) is 13.2 Å². The van der Waals surface area contributed by atoms with Gasteiger partial charge in [0.25, 0.3) is 0 Å². The molecule has 0 saturated carbocycles. The van der Waals surface area contributed by atoms with Gasteiger partial charge in [-0.25, -0.2) is 0 Å². The molecule has 0 aliphatic rings. The maximum atomic E-state index is 5.94. The molecule has 0 radical (unpaired) electrons. The van der Waals surface area contributed by atoms with Crippen LogP contribution in [0.15, 0.2) is 42.5 Å². The maximum absolute atomic E-state index is 5.94. The second-order valence-electron chi connectivity index (χ2n) is 6.10. The third kappa shape index (κ3) is 4.60. The molecule has 2 aromatic carbocycles. The summed E-state index contributed by atoms with van der Waals surface area (Å²) < 4.78 is 5.93. The van der Waals surface area contributed by atoms with Crippen molar-refractivity contribution >= 4 is 0 Å². The average molecular weight is 297 g/mol. The topological polar surface area (TPSA) is 35.2 Å². The minimum atomic E-state index is 0.419. The molecule has 0 aliphatic heterocycles. The van der Waals surface area contributed by atoms with Crippen LogP contribution in [0.5, 0.6) is 5.75 Å². The van der Waals surface area contributed by atoms with E-state index in [1.54, 1.807) is 0 Å². The fourth-order valence-electron chi connectivity index (χ4n) is 2.63. The molecule has 0 aromatic heterocycles. The van der Waals surface area contributed by atoms with Gasteiger partial charge in [-0.15, -0.1) is 0 Å². The molecule has 0 spiro atoms. The van der Waals surface area contributed by atoms with Gasteiger partial charge < -0.3 is 10.5 Å². The number of ether oxygens (including phenoxy) is 1.